The third-order valence-corrected chi connectivity index (χ3v) is 7.72. The van der Waals surface area contributed by atoms with E-state index in [4.69, 9.17) is 4.43 Å². The summed E-state index contributed by atoms with van der Waals surface area (Å²) in [6, 6.07) is 3.86. The molecule has 0 amide bonds. The Morgan fingerprint density at radius 3 is 2.00 bits per heavy atom. The van der Waals surface area contributed by atoms with Crippen LogP contribution >= 0.6 is 0 Å². The highest BCUT2D eigenvalue weighted by molar-refractivity contribution is 6.73. The summed E-state index contributed by atoms with van der Waals surface area (Å²) >= 11 is 0. The van der Waals surface area contributed by atoms with E-state index in [1.807, 2.05) is 0 Å². The first kappa shape index (κ1) is 14.1. The summed E-state index contributed by atoms with van der Waals surface area (Å²) in [6.07, 6.45) is 1.29. The normalized spacial score (nSPS) is 12.4. The van der Waals surface area contributed by atoms with Crippen LogP contribution in [0.15, 0.2) is 0 Å². The molecule has 14 heavy (non-hydrogen) atoms. The predicted octanol–water partition coefficient (Wildman–Crippen LogP) is 2.96. The molecular weight excluding hydrogens is 190 g/mol. The maximum absolute atomic E-state index is 6.03. The molecule has 0 aliphatic heterocycles. The van der Waals surface area contributed by atoms with E-state index >= 15 is 0 Å². The quantitative estimate of drug-likeness (QED) is 0.580. The molecule has 0 aromatic heterocycles. The van der Waals surface area contributed by atoms with Crippen molar-refractivity contribution in [1.29, 1.82) is 0 Å². The smallest absolute Gasteiger partial charge is 0.192 e. The highest BCUT2D eigenvalue weighted by atomic mass is 28.4. The highest BCUT2D eigenvalue weighted by Gasteiger charge is 2.29. The minimum absolute atomic E-state index is 0.899. The Labute approximate surface area is 90.8 Å². The second kappa shape index (κ2) is 7.43. The molecule has 0 rings (SSSR count). The van der Waals surface area contributed by atoms with Gasteiger partial charge in [0.2, 0.25) is 0 Å². The molecule has 0 aliphatic rings. The molecule has 0 radical (unpaired) electrons. The van der Waals surface area contributed by atoms with Crippen LogP contribution in [0.3, 0.4) is 0 Å². The lowest BCUT2D eigenvalue weighted by Gasteiger charge is -2.29. The van der Waals surface area contributed by atoms with Gasteiger partial charge in [-0.3, -0.25) is 0 Å². The van der Waals surface area contributed by atoms with Crippen LogP contribution in [0, 0.1) is 0 Å². The van der Waals surface area contributed by atoms with Crippen LogP contribution in [0.4, 0.5) is 0 Å². The summed E-state index contributed by atoms with van der Waals surface area (Å²) in [5, 5.41) is 0. The first-order chi connectivity index (χ1) is 6.60. The molecule has 0 aromatic rings. The zero-order chi connectivity index (χ0) is 11.0. The summed E-state index contributed by atoms with van der Waals surface area (Å²) < 4.78 is 6.03. The van der Waals surface area contributed by atoms with E-state index in [2.05, 4.69) is 39.8 Å². The molecule has 0 N–H and O–H groups in total. The van der Waals surface area contributed by atoms with Gasteiger partial charge in [-0.05, 0) is 52.1 Å². The lowest BCUT2D eigenvalue weighted by molar-refractivity contribution is 0.315. The van der Waals surface area contributed by atoms with Gasteiger partial charge in [-0.15, -0.1) is 0 Å². The van der Waals surface area contributed by atoms with Crippen LogP contribution in [-0.2, 0) is 4.43 Å². The van der Waals surface area contributed by atoms with Gasteiger partial charge in [-0.25, -0.2) is 0 Å². The zero-order valence-corrected chi connectivity index (χ0v) is 11.6. The molecule has 0 aliphatic carbocycles. The third kappa shape index (κ3) is 5.13. The van der Waals surface area contributed by atoms with E-state index in [1.54, 1.807) is 0 Å². The third-order valence-electron chi connectivity index (χ3n) is 2.98. The molecule has 0 fully saturated rings. The van der Waals surface area contributed by atoms with Crippen molar-refractivity contribution in [1.82, 2.24) is 4.90 Å². The Kier molecular flexibility index (Phi) is 7.50. The molecule has 0 saturated heterocycles. The van der Waals surface area contributed by atoms with Crippen molar-refractivity contribution < 1.29 is 4.43 Å². The van der Waals surface area contributed by atoms with Gasteiger partial charge in [0.1, 0.15) is 0 Å². The fourth-order valence-corrected chi connectivity index (χ4v) is 5.08. The Morgan fingerprint density at radius 1 is 1.07 bits per heavy atom. The van der Waals surface area contributed by atoms with Gasteiger partial charge in [0.15, 0.2) is 8.32 Å². The van der Waals surface area contributed by atoms with Gasteiger partial charge in [-0.2, -0.15) is 0 Å². The van der Waals surface area contributed by atoms with E-state index in [9.17, 15) is 0 Å². The van der Waals surface area contributed by atoms with Crippen molar-refractivity contribution in [3.8, 4) is 0 Å². The molecular formula is C11H27NOSi. The Balaban J connectivity index is 3.94. The zero-order valence-electron chi connectivity index (χ0n) is 10.6. The second-order valence-corrected chi connectivity index (χ2v) is 8.80. The largest absolute Gasteiger partial charge is 0.417 e. The van der Waals surface area contributed by atoms with E-state index in [-0.39, 0.29) is 0 Å². The van der Waals surface area contributed by atoms with E-state index in [1.165, 1.54) is 31.1 Å². The van der Waals surface area contributed by atoms with E-state index < -0.39 is 8.32 Å². The topological polar surface area (TPSA) is 12.5 Å². The van der Waals surface area contributed by atoms with Crippen LogP contribution in [0.2, 0.25) is 18.1 Å². The lowest BCUT2D eigenvalue weighted by atomic mass is 10.5. The standard InChI is InChI=1S/C11H27NOSi/c1-6-13-14(7-2,8-3)11-9-10-12(4)5/h6-11H2,1-5H3. The Hall–Kier alpha value is 0.137. The molecule has 0 saturated carbocycles. The van der Waals surface area contributed by atoms with Crippen LogP contribution < -0.4 is 0 Å². The second-order valence-electron chi connectivity index (χ2n) is 4.23. The van der Waals surface area contributed by atoms with Crippen molar-refractivity contribution in [3.63, 3.8) is 0 Å². The maximum Gasteiger partial charge on any atom is 0.192 e. The van der Waals surface area contributed by atoms with Crippen LogP contribution in [-0.4, -0.2) is 40.5 Å². The number of hydrogen-bond acceptors (Lipinski definition) is 2. The van der Waals surface area contributed by atoms with Crippen molar-refractivity contribution in [3.05, 3.63) is 0 Å². The SMILES string of the molecule is CCO[Si](CC)(CC)CCCN(C)C. The van der Waals surface area contributed by atoms with Crippen molar-refractivity contribution in [2.24, 2.45) is 0 Å². The van der Waals surface area contributed by atoms with Crippen molar-refractivity contribution in [2.45, 2.75) is 45.3 Å². The molecule has 0 aromatic carbocycles. The maximum atomic E-state index is 6.03. The highest BCUT2D eigenvalue weighted by Crippen LogP contribution is 2.23. The fourth-order valence-electron chi connectivity index (χ4n) is 1.90. The van der Waals surface area contributed by atoms with Gasteiger partial charge < -0.3 is 9.33 Å². The monoisotopic (exact) mass is 217 g/mol. The minimum atomic E-state index is -1.34. The Bertz CT molecular complexity index is 135. The van der Waals surface area contributed by atoms with Gasteiger partial charge in [0, 0.05) is 6.61 Å². The van der Waals surface area contributed by atoms with Gasteiger partial charge >= 0.3 is 0 Å². The van der Waals surface area contributed by atoms with Crippen LogP contribution in [0.25, 0.3) is 0 Å². The van der Waals surface area contributed by atoms with Crippen molar-refractivity contribution >= 4 is 8.32 Å². The molecule has 0 atom stereocenters. The average molecular weight is 217 g/mol. The van der Waals surface area contributed by atoms with Crippen LogP contribution in [0.5, 0.6) is 0 Å². The minimum Gasteiger partial charge on any atom is -0.417 e. The molecule has 0 heterocycles. The summed E-state index contributed by atoms with van der Waals surface area (Å²) in [6.45, 7) is 8.80. The summed E-state index contributed by atoms with van der Waals surface area (Å²) in [5.41, 5.74) is 0. The number of rotatable bonds is 8. The summed E-state index contributed by atoms with van der Waals surface area (Å²) in [4.78, 5) is 2.26. The molecule has 2 nitrogen and oxygen atoms in total. The van der Waals surface area contributed by atoms with Gasteiger partial charge in [0.05, 0.1) is 0 Å². The van der Waals surface area contributed by atoms with E-state index in [0.717, 1.165) is 6.61 Å². The van der Waals surface area contributed by atoms with Crippen molar-refractivity contribution in [2.75, 3.05) is 27.2 Å². The molecule has 0 spiro atoms. The molecule has 86 valence electrons. The molecule has 0 bridgehead atoms. The molecule has 0 unspecified atom stereocenters. The summed E-state index contributed by atoms with van der Waals surface area (Å²) in [5.74, 6) is 0. The van der Waals surface area contributed by atoms with Crippen LogP contribution in [0.1, 0.15) is 27.2 Å². The van der Waals surface area contributed by atoms with E-state index in [0.29, 0.717) is 0 Å². The number of nitrogens with zero attached hydrogens (tertiary/aromatic N) is 1. The fraction of sp³-hybridized carbons (Fsp3) is 1.00. The molecule has 3 heteroatoms. The van der Waals surface area contributed by atoms with Gasteiger partial charge in [-0.1, -0.05) is 13.8 Å². The van der Waals surface area contributed by atoms with Gasteiger partial charge in [0.25, 0.3) is 0 Å². The Morgan fingerprint density at radius 2 is 1.64 bits per heavy atom. The number of hydrogen-bond donors (Lipinski definition) is 0. The lowest BCUT2D eigenvalue weighted by Crippen LogP contribution is -2.37. The first-order valence-corrected chi connectivity index (χ1v) is 8.42. The predicted molar refractivity (Wildman–Crippen MR) is 66.3 cm³/mol. The first-order valence-electron chi connectivity index (χ1n) is 5.89. The summed E-state index contributed by atoms with van der Waals surface area (Å²) in [7, 11) is 2.94. The average Bonchev–Trinajstić information content (AvgIpc) is 2.16.